The van der Waals surface area contributed by atoms with Gasteiger partial charge < -0.3 is 5.32 Å². The first-order valence-electron chi connectivity index (χ1n) is 5.80. The van der Waals surface area contributed by atoms with Crippen molar-refractivity contribution in [1.82, 2.24) is 9.97 Å². The fourth-order valence-electron chi connectivity index (χ4n) is 1.40. The Morgan fingerprint density at radius 3 is 2.75 bits per heavy atom. The first-order chi connectivity index (χ1) is 9.65. The number of rotatable bonds is 5. The molecule has 1 amide bonds. The van der Waals surface area contributed by atoms with E-state index in [1.807, 2.05) is 0 Å². The maximum atomic E-state index is 11.8. The van der Waals surface area contributed by atoms with E-state index in [0.29, 0.717) is 33.1 Å². The third kappa shape index (κ3) is 4.67. The highest BCUT2D eigenvalue weighted by Gasteiger charge is 2.07. The lowest BCUT2D eigenvalue weighted by Crippen LogP contribution is -2.12. The van der Waals surface area contributed by atoms with Crippen LogP contribution < -0.4 is 5.32 Å². The summed E-state index contributed by atoms with van der Waals surface area (Å²) >= 11 is 13.3. The Hall–Kier alpha value is -1.30. The molecule has 1 aromatic carbocycles. The van der Waals surface area contributed by atoms with Crippen LogP contribution in [0.15, 0.2) is 41.8 Å². The zero-order valence-electron chi connectivity index (χ0n) is 10.3. The van der Waals surface area contributed by atoms with Gasteiger partial charge in [-0.15, -0.1) is 0 Å². The van der Waals surface area contributed by atoms with Gasteiger partial charge in [0.25, 0.3) is 0 Å². The minimum absolute atomic E-state index is 0.127. The van der Waals surface area contributed by atoms with Crippen LogP contribution in [0.25, 0.3) is 0 Å². The molecule has 0 bridgehead atoms. The van der Waals surface area contributed by atoms with Crippen molar-refractivity contribution < 1.29 is 4.79 Å². The highest BCUT2D eigenvalue weighted by Crippen LogP contribution is 2.25. The smallest absolute Gasteiger partial charge is 0.225 e. The van der Waals surface area contributed by atoms with Crippen molar-refractivity contribution in [3.8, 4) is 0 Å². The SMILES string of the molecule is O=C(CCSc1ncccn1)Nc1cc(Cl)ccc1Cl. The minimum atomic E-state index is -0.127. The maximum Gasteiger partial charge on any atom is 0.225 e. The number of carbonyl (C=O) groups is 1. The van der Waals surface area contributed by atoms with Crippen molar-refractivity contribution in [3.05, 3.63) is 46.7 Å². The van der Waals surface area contributed by atoms with Crippen molar-refractivity contribution in [1.29, 1.82) is 0 Å². The summed E-state index contributed by atoms with van der Waals surface area (Å²) < 4.78 is 0. The van der Waals surface area contributed by atoms with Gasteiger partial charge in [0, 0.05) is 29.6 Å². The molecular weight excluding hydrogens is 317 g/mol. The predicted octanol–water partition coefficient (Wildman–Crippen LogP) is 3.90. The fourth-order valence-corrected chi connectivity index (χ4v) is 2.48. The zero-order valence-corrected chi connectivity index (χ0v) is 12.7. The molecule has 0 aliphatic rings. The summed E-state index contributed by atoms with van der Waals surface area (Å²) in [5, 5.41) is 4.37. The average Bonchev–Trinajstić information content (AvgIpc) is 2.44. The van der Waals surface area contributed by atoms with E-state index in [2.05, 4.69) is 15.3 Å². The second kappa shape index (κ2) is 7.47. The van der Waals surface area contributed by atoms with E-state index in [9.17, 15) is 4.79 Å². The Morgan fingerprint density at radius 1 is 1.25 bits per heavy atom. The lowest BCUT2D eigenvalue weighted by molar-refractivity contribution is -0.115. The molecule has 104 valence electrons. The highest BCUT2D eigenvalue weighted by atomic mass is 35.5. The molecule has 1 heterocycles. The van der Waals surface area contributed by atoms with Gasteiger partial charge >= 0.3 is 0 Å². The number of anilines is 1. The molecule has 7 heteroatoms. The van der Waals surface area contributed by atoms with E-state index in [4.69, 9.17) is 23.2 Å². The van der Waals surface area contributed by atoms with Gasteiger partial charge in [-0.1, -0.05) is 35.0 Å². The topological polar surface area (TPSA) is 54.9 Å². The summed E-state index contributed by atoms with van der Waals surface area (Å²) in [6, 6.07) is 6.68. The second-order valence-electron chi connectivity index (χ2n) is 3.80. The summed E-state index contributed by atoms with van der Waals surface area (Å²) in [7, 11) is 0. The van der Waals surface area contributed by atoms with E-state index >= 15 is 0 Å². The van der Waals surface area contributed by atoms with Crippen LogP contribution in [0, 0.1) is 0 Å². The minimum Gasteiger partial charge on any atom is -0.325 e. The Kier molecular flexibility index (Phi) is 5.64. The molecule has 0 atom stereocenters. The number of hydrogen-bond acceptors (Lipinski definition) is 4. The zero-order chi connectivity index (χ0) is 14.4. The van der Waals surface area contributed by atoms with Gasteiger partial charge in [0.1, 0.15) is 0 Å². The van der Waals surface area contributed by atoms with Crippen LogP contribution in [0.2, 0.25) is 10.0 Å². The van der Waals surface area contributed by atoms with Gasteiger partial charge in [-0.3, -0.25) is 4.79 Å². The molecule has 0 aliphatic carbocycles. The quantitative estimate of drug-likeness (QED) is 0.668. The fraction of sp³-hybridized carbons (Fsp3) is 0.154. The van der Waals surface area contributed by atoms with Gasteiger partial charge in [-0.25, -0.2) is 9.97 Å². The van der Waals surface area contributed by atoms with Crippen LogP contribution in [0.1, 0.15) is 6.42 Å². The Bertz CT molecular complexity index is 595. The number of hydrogen-bond donors (Lipinski definition) is 1. The number of nitrogens with one attached hydrogen (secondary N) is 1. The number of nitrogens with zero attached hydrogens (tertiary/aromatic N) is 2. The molecule has 2 aromatic rings. The highest BCUT2D eigenvalue weighted by molar-refractivity contribution is 7.99. The van der Waals surface area contributed by atoms with Crippen LogP contribution >= 0.6 is 35.0 Å². The van der Waals surface area contributed by atoms with Gasteiger partial charge in [0.05, 0.1) is 10.7 Å². The van der Waals surface area contributed by atoms with Gasteiger partial charge in [0.15, 0.2) is 5.16 Å². The molecular formula is C13H11Cl2N3OS. The summed E-state index contributed by atoms with van der Waals surface area (Å²) in [6.07, 6.45) is 3.67. The summed E-state index contributed by atoms with van der Waals surface area (Å²) in [4.78, 5) is 19.9. The Morgan fingerprint density at radius 2 is 2.00 bits per heavy atom. The molecule has 20 heavy (non-hydrogen) atoms. The summed E-state index contributed by atoms with van der Waals surface area (Å²) in [5.41, 5.74) is 0.519. The van der Waals surface area contributed by atoms with Gasteiger partial charge in [-0.2, -0.15) is 0 Å². The largest absolute Gasteiger partial charge is 0.325 e. The van der Waals surface area contributed by atoms with Crippen LogP contribution in [-0.2, 0) is 4.79 Å². The molecule has 0 saturated carbocycles. The second-order valence-corrected chi connectivity index (χ2v) is 5.71. The predicted molar refractivity (Wildman–Crippen MR) is 82.5 cm³/mol. The van der Waals surface area contributed by atoms with Crippen LogP contribution in [0.5, 0.6) is 0 Å². The van der Waals surface area contributed by atoms with E-state index in [0.717, 1.165) is 0 Å². The molecule has 1 N–H and O–H groups in total. The third-order valence-corrected chi connectivity index (χ3v) is 3.75. The molecule has 4 nitrogen and oxygen atoms in total. The number of thioether (sulfide) groups is 1. The summed E-state index contributed by atoms with van der Waals surface area (Å²) in [5.74, 6) is 0.464. The normalized spacial score (nSPS) is 10.3. The molecule has 2 rings (SSSR count). The van der Waals surface area contributed by atoms with Crippen molar-refractivity contribution in [2.75, 3.05) is 11.1 Å². The monoisotopic (exact) mass is 327 g/mol. The third-order valence-electron chi connectivity index (χ3n) is 2.30. The van der Waals surface area contributed by atoms with Crippen molar-refractivity contribution in [3.63, 3.8) is 0 Å². The van der Waals surface area contributed by atoms with E-state index in [1.165, 1.54) is 11.8 Å². The lowest BCUT2D eigenvalue weighted by atomic mass is 10.3. The molecule has 1 aromatic heterocycles. The number of amides is 1. The molecule has 0 spiro atoms. The number of benzene rings is 1. The maximum absolute atomic E-state index is 11.8. The van der Waals surface area contributed by atoms with E-state index < -0.39 is 0 Å². The summed E-state index contributed by atoms with van der Waals surface area (Å²) in [6.45, 7) is 0. The Balaban J connectivity index is 1.82. The Labute approximate surface area is 130 Å². The first kappa shape index (κ1) is 15.1. The number of halogens is 2. The van der Waals surface area contributed by atoms with Crippen LogP contribution in [0.3, 0.4) is 0 Å². The van der Waals surface area contributed by atoms with E-state index in [-0.39, 0.29) is 5.91 Å². The van der Waals surface area contributed by atoms with Gasteiger partial charge in [0.2, 0.25) is 5.91 Å². The molecule has 0 fully saturated rings. The molecule has 0 radical (unpaired) electrons. The molecule has 0 aliphatic heterocycles. The molecule has 0 saturated heterocycles. The standard InChI is InChI=1S/C13H11Cl2N3OS/c14-9-2-3-10(15)11(8-9)18-12(19)4-7-20-13-16-5-1-6-17-13/h1-3,5-6,8H,4,7H2,(H,18,19). The average molecular weight is 328 g/mol. The molecule has 0 unspecified atom stereocenters. The van der Waals surface area contributed by atoms with Crippen molar-refractivity contribution in [2.45, 2.75) is 11.6 Å². The lowest BCUT2D eigenvalue weighted by Gasteiger charge is -2.07. The first-order valence-corrected chi connectivity index (χ1v) is 7.54. The van der Waals surface area contributed by atoms with Crippen molar-refractivity contribution >= 4 is 46.6 Å². The number of carbonyl (C=O) groups excluding carboxylic acids is 1. The van der Waals surface area contributed by atoms with Gasteiger partial charge in [-0.05, 0) is 24.3 Å². The van der Waals surface area contributed by atoms with Crippen molar-refractivity contribution in [2.24, 2.45) is 0 Å². The number of aromatic nitrogens is 2. The van der Waals surface area contributed by atoms with Crippen LogP contribution in [0.4, 0.5) is 5.69 Å². The van der Waals surface area contributed by atoms with E-state index in [1.54, 1.807) is 36.7 Å². The van der Waals surface area contributed by atoms with Crippen LogP contribution in [-0.4, -0.2) is 21.6 Å².